The van der Waals surface area contributed by atoms with Gasteiger partial charge in [-0.1, -0.05) is 37.3 Å². The Labute approximate surface area is 130 Å². The Balaban J connectivity index is 1.66. The molecule has 0 saturated heterocycles. The van der Waals surface area contributed by atoms with Gasteiger partial charge in [0.05, 0.1) is 5.56 Å². The monoisotopic (exact) mass is 302 g/mol. The van der Waals surface area contributed by atoms with E-state index in [0.717, 1.165) is 41.8 Å². The first-order chi connectivity index (χ1) is 10.3. The molecule has 4 nitrogen and oxygen atoms in total. The molecule has 2 aromatic rings. The van der Waals surface area contributed by atoms with Gasteiger partial charge in [0, 0.05) is 19.1 Å². The molecule has 0 bridgehead atoms. The van der Waals surface area contributed by atoms with Crippen LogP contribution in [0.4, 0.5) is 10.8 Å². The van der Waals surface area contributed by atoms with Crippen LogP contribution in [0.25, 0.3) is 11.1 Å². The number of nitrogens with one attached hydrogen (secondary N) is 1. The third-order valence-corrected chi connectivity index (χ3v) is 4.75. The van der Waals surface area contributed by atoms with Crippen molar-refractivity contribution >= 4 is 22.4 Å². The van der Waals surface area contributed by atoms with E-state index in [4.69, 9.17) is 5.73 Å². The van der Waals surface area contributed by atoms with Gasteiger partial charge < -0.3 is 11.1 Å². The van der Waals surface area contributed by atoms with E-state index in [0.29, 0.717) is 5.82 Å². The second-order valence-corrected chi connectivity index (χ2v) is 6.20. The molecule has 0 aliphatic heterocycles. The van der Waals surface area contributed by atoms with E-state index in [2.05, 4.69) is 33.6 Å². The molecule has 21 heavy (non-hydrogen) atoms. The molecule has 1 aliphatic carbocycles. The van der Waals surface area contributed by atoms with Gasteiger partial charge in [-0.15, -0.1) is 0 Å². The minimum absolute atomic E-state index is 0.614. The van der Waals surface area contributed by atoms with Crippen molar-refractivity contribution in [3.8, 4) is 11.1 Å². The molecular formula is C16H22N4S. The smallest absolute Gasteiger partial charge is 0.147 e. The summed E-state index contributed by atoms with van der Waals surface area (Å²) < 4.78 is 4.30. The zero-order chi connectivity index (χ0) is 14.7. The molecule has 1 aromatic carbocycles. The fraction of sp³-hybridized carbons (Fsp3) is 0.438. The summed E-state index contributed by atoms with van der Waals surface area (Å²) in [6, 6.07) is 11.0. The van der Waals surface area contributed by atoms with Gasteiger partial charge in [0.15, 0.2) is 0 Å². The van der Waals surface area contributed by atoms with Gasteiger partial charge in [0.2, 0.25) is 0 Å². The number of hydrogen-bond acceptors (Lipinski definition) is 5. The lowest BCUT2D eigenvalue weighted by atomic mass is 10.1. The Morgan fingerprint density at radius 2 is 2.10 bits per heavy atom. The maximum absolute atomic E-state index is 6.04. The topological polar surface area (TPSA) is 54.2 Å². The van der Waals surface area contributed by atoms with Crippen LogP contribution in [-0.2, 0) is 0 Å². The largest absolute Gasteiger partial charge is 0.382 e. The fourth-order valence-electron chi connectivity index (χ4n) is 2.66. The molecule has 1 aliphatic rings. The van der Waals surface area contributed by atoms with Crippen LogP contribution in [0.15, 0.2) is 30.3 Å². The number of nitrogens with zero attached hydrogens (tertiary/aromatic N) is 2. The molecule has 0 spiro atoms. The molecule has 1 heterocycles. The molecule has 0 atom stereocenters. The summed E-state index contributed by atoms with van der Waals surface area (Å²) in [6.45, 7) is 5.38. The number of anilines is 2. The van der Waals surface area contributed by atoms with Crippen molar-refractivity contribution in [2.75, 3.05) is 30.7 Å². The molecule has 5 heteroatoms. The van der Waals surface area contributed by atoms with Crippen molar-refractivity contribution < 1.29 is 0 Å². The number of hydrogen-bond donors (Lipinski definition) is 2. The zero-order valence-corrected chi connectivity index (χ0v) is 13.2. The van der Waals surface area contributed by atoms with E-state index in [1.165, 1.54) is 24.4 Å². The Morgan fingerprint density at radius 1 is 1.33 bits per heavy atom. The molecule has 1 fully saturated rings. The van der Waals surface area contributed by atoms with Crippen LogP contribution in [0, 0.1) is 0 Å². The number of nitrogen functional groups attached to an aromatic ring is 1. The number of benzene rings is 1. The molecule has 0 radical (unpaired) electrons. The highest BCUT2D eigenvalue weighted by Crippen LogP contribution is 2.36. The van der Waals surface area contributed by atoms with E-state index < -0.39 is 0 Å². The van der Waals surface area contributed by atoms with Crippen LogP contribution >= 0.6 is 11.5 Å². The Bertz CT molecular complexity index is 577. The summed E-state index contributed by atoms with van der Waals surface area (Å²) in [5.41, 5.74) is 8.20. The Hall–Kier alpha value is -1.59. The third-order valence-electron chi connectivity index (χ3n) is 3.93. The van der Waals surface area contributed by atoms with Crippen molar-refractivity contribution in [1.82, 2.24) is 9.27 Å². The summed E-state index contributed by atoms with van der Waals surface area (Å²) in [7, 11) is 0. The van der Waals surface area contributed by atoms with Crippen LogP contribution in [0.3, 0.4) is 0 Å². The summed E-state index contributed by atoms with van der Waals surface area (Å²) in [4.78, 5) is 2.54. The van der Waals surface area contributed by atoms with E-state index in [1.807, 2.05) is 18.2 Å². The number of rotatable bonds is 7. The molecule has 3 N–H and O–H groups in total. The molecule has 3 rings (SSSR count). The molecule has 0 unspecified atom stereocenters. The van der Waals surface area contributed by atoms with Gasteiger partial charge in [-0.25, -0.2) is 0 Å². The second kappa shape index (κ2) is 6.45. The van der Waals surface area contributed by atoms with E-state index in [9.17, 15) is 0 Å². The van der Waals surface area contributed by atoms with Crippen LogP contribution in [0.2, 0.25) is 0 Å². The van der Waals surface area contributed by atoms with Gasteiger partial charge in [-0.2, -0.15) is 4.37 Å². The highest BCUT2D eigenvalue weighted by Gasteiger charge is 2.27. The SMILES string of the molecule is CCN(CCNc1snc(N)c1-c1ccccc1)C1CC1. The minimum atomic E-state index is 0.614. The molecular weight excluding hydrogens is 280 g/mol. The Kier molecular flexibility index (Phi) is 4.41. The maximum atomic E-state index is 6.04. The van der Waals surface area contributed by atoms with Crippen LogP contribution in [-0.4, -0.2) is 34.9 Å². The standard InChI is InChI=1S/C16H22N4S/c1-2-20(13-8-9-13)11-10-18-16-14(15(17)19-21-16)12-6-4-3-5-7-12/h3-7,13,18H,2,8-11H2,1H3,(H2,17,19). The first kappa shape index (κ1) is 14.4. The number of likely N-dealkylation sites (N-methyl/N-ethyl adjacent to an activating group) is 1. The summed E-state index contributed by atoms with van der Waals surface area (Å²) in [5, 5.41) is 4.59. The predicted molar refractivity (Wildman–Crippen MR) is 90.7 cm³/mol. The lowest BCUT2D eigenvalue weighted by Crippen LogP contribution is -2.30. The number of nitrogens with two attached hydrogens (primary N) is 1. The van der Waals surface area contributed by atoms with Gasteiger partial charge in [-0.3, -0.25) is 4.90 Å². The summed E-state index contributed by atoms with van der Waals surface area (Å²) >= 11 is 1.45. The highest BCUT2D eigenvalue weighted by molar-refractivity contribution is 7.11. The van der Waals surface area contributed by atoms with Crippen molar-refractivity contribution in [2.45, 2.75) is 25.8 Å². The van der Waals surface area contributed by atoms with Gasteiger partial charge in [0.1, 0.15) is 10.8 Å². The molecule has 1 aromatic heterocycles. The summed E-state index contributed by atoms with van der Waals surface area (Å²) in [6.07, 6.45) is 2.72. The van der Waals surface area contributed by atoms with E-state index in [1.54, 1.807) is 0 Å². The van der Waals surface area contributed by atoms with Crippen molar-refractivity contribution in [3.63, 3.8) is 0 Å². The van der Waals surface area contributed by atoms with Gasteiger partial charge >= 0.3 is 0 Å². The lowest BCUT2D eigenvalue weighted by Gasteiger charge is -2.20. The van der Waals surface area contributed by atoms with Crippen LogP contribution < -0.4 is 11.1 Å². The van der Waals surface area contributed by atoms with Crippen LogP contribution in [0.1, 0.15) is 19.8 Å². The lowest BCUT2D eigenvalue weighted by molar-refractivity contribution is 0.289. The quantitative estimate of drug-likeness (QED) is 0.824. The second-order valence-electron chi connectivity index (χ2n) is 5.42. The maximum Gasteiger partial charge on any atom is 0.147 e. The van der Waals surface area contributed by atoms with Crippen molar-refractivity contribution in [3.05, 3.63) is 30.3 Å². The average Bonchev–Trinajstić information content (AvgIpc) is 3.28. The van der Waals surface area contributed by atoms with Crippen LogP contribution in [0.5, 0.6) is 0 Å². The summed E-state index contributed by atoms with van der Waals surface area (Å²) in [5.74, 6) is 0.614. The predicted octanol–water partition coefficient (Wildman–Crippen LogP) is 3.29. The molecule has 0 amide bonds. The molecule has 112 valence electrons. The molecule has 1 saturated carbocycles. The third kappa shape index (κ3) is 3.36. The normalized spacial score (nSPS) is 14.6. The first-order valence-electron chi connectivity index (χ1n) is 7.58. The number of aromatic nitrogens is 1. The first-order valence-corrected chi connectivity index (χ1v) is 8.35. The minimum Gasteiger partial charge on any atom is -0.382 e. The van der Waals surface area contributed by atoms with Gasteiger partial charge in [0.25, 0.3) is 0 Å². The van der Waals surface area contributed by atoms with Crippen molar-refractivity contribution in [2.24, 2.45) is 0 Å². The van der Waals surface area contributed by atoms with E-state index in [-0.39, 0.29) is 0 Å². The van der Waals surface area contributed by atoms with E-state index >= 15 is 0 Å². The average molecular weight is 302 g/mol. The highest BCUT2D eigenvalue weighted by atomic mass is 32.1. The Morgan fingerprint density at radius 3 is 2.76 bits per heavy atom. The zero-order valence-electron chi connectivity index (χ0n) is 12.4. The fourth-order valence-corrected chi connectivity index (χ4v) is 3.42. The van der Waals surface area contributed by atoms with Crippen molar-refractivity contribution in [1.29, 1.82) is 0 Å². The van der Waals surface area contributed by atoms with Gasteiger partial charge in [-0.05, 0) is 36.5 Å².